The Morgan fingerprint density at radius 3 is 2.85 bits per heavy atom. The van der Waals surface area contributed by atoms with Gasteiger partial charge in [0.15, 0.2) is 0 Å². The van der Waals surface area contributed by atoms with Gasteiger partial charge in [-0.3, -0.25) is 4.90 Å². The van der Waals surface area contributed by atoms with Gasteiger partial charge in [-0.05, 0) is 32.2 Å². The van der Waals surface area contributed by atoms with Gasteiger partial charge in [0.05, 0.1) is 0 Å². The molecule has 1 saturated heterocycles. The molecule has 0 amide bonds. The third-order valence-corrected chi connectivity index (χ3v) is 2.87. The Morgan fingerprint density at radius 2 is 2.23 bits per heavy atom. The van der Waals surface area contributed by atoms with E-state index in [1.807, 2.05) is 0 Å². The second-order valence-corrected chi connectivity index (χ2v) is 4.63. The molecule has 0 aromatic rings. The molecule has 1 fully saturated rings. The van der Waals surface area contributed by atoms with Crippen LogP contribution in [0.15, 0.2) is 0 Å². The smallest absolute Gasteiger partial charge is 0.0192 e. The monoisotopic (exact) mass is 184 g/mol. The predicted octanol–water partition coefficient (Wildman–Crippen LogP) is 1.72. The van der Waals surface area contributed by atoms with Gasteiger partial charge in [-0.2, -0.15) is 0 Å². The summed E-state index contributed by atoms with van der Waals surface area (Å²) in [6.07, 6.45) is 2.73. The van der Waals surface area contributed by atoms with E-state index in [4.69, 9.17) is 0 Å². The highest BCUT2D eigenvalue weighted by atomic mass is 15.2. The summed E-state index contributed by atoms with van der Waals surface area (Å²) in [6.45, 7) is 11.8. The van der Waals surface area contributed by atoms with Crippen LogP contribution in [0.1, 0.15) is 33.6 Å². The lowest BCUT2D eigenvalue weighted by molar-refractivity contribution is 0.169. The number of hydrogen-bond acceptors (Lipinski definition) is 2. The van der Waals surface area contributed by atoms with Gasteiger partial charge in [-0.25, -0.2) is 0 Å². The molecule has 1 aliphatic rings. The van der Waals surface area contributed by atoms with E-state index in [0.717, 1.165) is 12.0 Å². The van der Waals surface area contributed by atoms with Crippen molar-refractivity contribution in [2.24, 2.45) is 5.92 Å². The average Bonchev–Trinajstić information content (AvgIpc) is 2.08. The molecule has 1 atom stereocenters. The summed E-state index contributed by atoms with van der Waals surface area (Å²) < 4.78 is 0. The number of hydrogen-bond donors (Lipinski definition) is 1. The molecule has 0 aliphatic carbocycles. The van der Waals surface area contributed by atoms with Crippen LogP contribution in [0.2, 0.25) is 0 Å². The van der Waals surface area contributed by atoms with Crippen LogP contribution in [-0.2, 0) is 0 Å². The van der Waals surface area contributed by atoms with Gasteiger partial charge in [0.2, 0.25) is 0 Å². The Bertz CT molecular complexity index is 134. The highest BCUT2D eigenvalue weighted by Crippen LogP contribution is 2.08. The molecule has 1 rings (SSSR count). The van der Waals surface area contributed by atoms with Crippen LogP contribution >= 0.6 is 0 Å². The molecule has 1 N–H and O–H groups in total. The molecule has 0 bridgehead atoms. The maximum Gasteiger partial charge on any atom is 0.0192 e. The summed E-state index contributed by atoms with van der Waals surface area (Å²) in [6, 6.07) is 0.737. The van der Waals surface area contributed by atoms with Crippen molar-refractivity contribution in [3.63, 3.8) is 0 Å². The fourth-order valence-electron chi connectivity index (χ4n) is 1.92. The van der Waals surface area contributed by atoms with Crippen molar-refractivity contribution in [2.45, 2.75) is 39.7 Å². The van der Waals surface area contributed by atoms with Crippen LogP contribution in [0.5, 0.6) is 0 Å². The van der Waals surface area contributed by atoms with E-state index >= 15 is 0 Å². The van der Waals surface area contributed by atoms with E-state index in [1.54, 1.807) is 0 Å². The highest BCUT2D eigenvalue weighted by molar-refractivity contribution is 4.75. The molecule has 78 valence electrons. The van der Waals surface area contributed by atoms with Crippen molar-refractivity contribution in [2.75, 3.05) is 26.2 Å². The molecular weight excluding hydrogens is 160 g/mol. The molecule has 1 aliphatic heterocycles. The number of piperazine rings is 1. The van der Waals surface area contributed by atoms with Crippen LogP contribution < -0.4 is 5.32 Å². The van der Waals surface area contributed by atoms with E-state index in [0.29, 0.717) is 0 Å². The average molecular weight is 184 g/mol. The first-order valence-corrected chi connectivity index (χ1v) is 5.65. The summed E-state index contributed by atoms with van der Waals surface area (Å²) in [4.78, 5) is 2.61. The SMILES string of the molecule is CC(C)CCCN1CCNC[C@H]1C. The summed E-state index contributed by atoms with van der Waals surface area (Å²) in [5, 5.41) is 3.42. The predicted molar refractivity (Wildman–Crippen MR) is 58.0 cm³/mol. The highest BCUT2D eigenvalue weighted by Gasteiger charge is 2.16. The van der Waals surface area contributed by atoms with E-state index in [-0.39, 0.29) is 0 Å². The molecule has 2 heteroatoms. The zero-order valence-corrected chi connectivity index (χ0v) is 9.34. The van der Waals surface area contributed by atoms with Crippen molar-refractivity contribution in [1.29, 1.82) is 0 Å². The Balaban J connectivity index is 2.11. The topological polar surface area (TPSA) is 15.3 Å². The minimum Gasteiger partial charge on any atom is -0.314 e. The molecule has 0 aromatic carbocycles. The van der Waals surface area contributed by atoms with Crippen molar-refractivity contribution in [1.82, 2.24) is 10.2 Å². The second-order valence-electron chi connectivity index (χ2n) is 4.63. The van der Waals surface area contributed by atoms with Crippen LogP contribution in [0.3, 0.4) is 0 Å². The maximum atomic E-state index is 3.42. The first-order chi connectivity index (χ1) is 6.20. The zero-order chi connectivity index (χ0) is 9.68. The van der Waals surface area contributed by atoms with Crippen LogP contribution in [0.4, 0.5) is 0 Å². The van der Waals surface area contributed by atoms with Gasteiger partial charge in [0.1, 0.15) is 0 Å². The zero-order valence-electron chi connectivity index (χ0n) is 9.34. The van der Waals surface area contributed by atoms with Gasteiger partial charge in [-0.1, -0.05) is 13.8 Å². The van der Waals surface area contributed by atoms with Crippen LogP contribution in [0.25, 0.3) is 0 Å². The lowest BCUT2D eigenvalue weighted by Gasteiger charge is -2.34. The normalized spacial score (nSPS) is 25.4. The third-order valence-electron chi connectivity index (χ3n) is 2.87. The summed E-state index contributed by atoms with van der Waals surface area (Å²) in [5.41, 5.74) is 0. The van der Waals surface area contributed by atoms with Crippen LogP contribution in [-0.4, -0.2) is 37.1 Å². The van der Waals surface area contributed by atoms with Gasteiger partial charge >= 0.3 is 0 Å². The Labute approximate surface area is 82.7 Å². The maximum absolute atomic E-state index is 3.42. The number of nitrogens with zero attached hydrogens (tertiary/aromatic N) is 1. The molecular formula is C11H24N2. The molecule has 1 heterocycles. The van der Waals surface area contributed by atoms with Crippen molar-refractivity contribution in [3.05, 3.63) is 0 Å². The fraction of sp³-hybridized carbons (Fsp3) is 1.00. The summed E-state index contributed by atoms with van der Waals surface area (Å²) in [5.74, 6) is 0.859. The third kappa shape index (κ3) is 4.10. The number of rotatable bonds is 4. The second kappa shape index (κ2) is 5.61. The van der Waals surface area contributed by atoms with Gasteiger partial charge in [-0.15, -0.1) is 0 Å². The Kier molecular flexibility index (Phi) is 4.74. The van der Waals surface area contributed by atoms with E-state index in [1.165, 1.54) is 39.0 Å². The number of nitrogens with one attached hydrogen (secondary N) is 1. The molecule has 0 unspecified atom stereocenters. The Morgan fingerprint density at radius 1 is 1.46 bits per heavy atom. The van der Waals surface area contributed by atoms with E-state index < -0.39 is 0 Å². The molecule has 0 aromatic heterocycles. The minimum atomic E-state index is 0.737. The molecule has 0 saturated carbocycles. The molecule has 0 spiro atoms. The quantitative estimate of drug-likeness (QED) is 0.715. The van der Waals surface area contributed by atoms with E-state index in [2.05, 4.69) is 31.0 Å². The summed E-state index contributed by atoms with van der Waals surface area (Å²) in [7, 11) is 0. The first-order valence-electron chi connectivity index (χ1n) is 5.65. The van der Waals surface area contributed by atoms with Gasteiger partial charge < -0.3 is 5.32 Å². The van der Waals surface area contributed by atoms with Gasteiger partial charge in [0, 0.05) is 25.7 Å². The largest absolute Gasteiger partial charge is 0.314 e. The molecule has 0 radical (unpaired) electrons. The lowest BCUT2D eigenvalue weighted by atomic mass is 10.1. The summed E-state index contributed by atoms with van der Waals surface area (Å²) >= 11 is 0. The minimum absolute atomic E-state index is 0.737. The van der Waals surface area contributed by atoms with Crippen LogP contribution in [0, 0.1) is 5.92 Å². The fourth-order valence-corrected chi connectivity index (χ4v) is 1.92. The van der Waals surface area contributed by atoms with E-state index in [9.17, 15) is 0 Å². The standard InChI is InChI=1S/C11H24N2/c1-10(2)5-4-7-13-8-6-12-9-11(13)3/h10-12H,4-9H2,1-3H3/t11-/m1/s1. The van der Waals surface area contributed by atoms with Crippen molar-refractivity contribution in [3.8, 4) is 0 Å². The van der Waals surface area contributed by atoms with Crippen molar-refractivity contribution >= 4 is 0 Å². The van der Waals surface area contributed by atoms with Crippen molar-refractivity contribution < 1.29 is 0 Å². The lowest BCUT2D eigenvalue weighted by Crippen LogP contribution is -2.49. The molecule has 2 nitrogen and oxygen atoms in total. The molecule has 13 heavy (non-hydrogen) atoms. The Hall–Kier alpha value is -0.0800. The first kappa shape index (κ1) is 11.0. The van der Waals surface area contributed by atoms with Gasteiger partial charge in [0.25, 0.3) is 0 Å².